The maximum atomic E-state index is 13.0. The Morgan fingerprint density at radius 2 is 1.90 bits per heavy atom. The number of amides is 1. The Kier molecular flexibility index (Phi) is 6.24. The third-order valence-corrected chi connectivity index (χ3v) is 5.93. The number of hydrogen-bond acceptors (Lipinski definition) is 7. The van der Waals surface area contributed by atoms with Crippen LogP contribution in [0.5, 0.6) is 0 Å². The molecule has 0 saturated carbocycles. The largest absolute Gasteiger partial charge is 0.465 e. The number of nitrogens with zero attached hydrogens (tertiary/aromatic N) is 4. The Hall–Kier alpha value is -2.91. The van der Waals surface area contributed by atoms with Crippen LogP contribution in [0.25, 0.3) is 5.69 Å². The van der Waals surface area contributed by atoms with Crippen LogP contribution in [-0.4, -0.2) is 72.6 Å². The monoisotopic (exact) mass is 446 g/mol. The summed E-state index contributed by atoms with van der Waals surface area (Å²) in [5, 5.41) is 4.26. The normalized spacial score (nSPS) is 18.8. The van der Waals surface area contributed by atoms with Crippen molar-refractivity contribution < 1.29 is 19.1 Å². The first-order chi connectivity index (χ1) is 15.0. The van der Waals surface area contributed by atoms with Gasteiger partial charge in [0.15, 0.2) is 0 Å². The molecule has 0 N–H and O–H groups in total. The van der Waals surface area contributed by atoms with Crippen molar-refractivity contribution in [3.63, 3.8) is 0 Å². The second-order valence-corrected chi connectivity index (χ2v) is 7.76. The first-order valence-corrected chi connectivity index (χ1v) is 10.5. The quantitative estimate of drug-likeness (QED) is 0.657. The molecule has 164 valence electrons. The van der Waals surface area contributed by atoms with Crippen molar-refractivity contribution in [2.24, 2.45) is 0 Å². The standard InChI is InChI=1S/C21H23ClN4O5/c1-30-21(29)14-5-2-3-6-15(14)26-20(28)18(22)16(13-23-26)24-8-10-25(11-9-24)19(27)17-7-4-12-31-17/h2-3,5-6,13,17H,4,7-12H2,1H3. The van der Waals surface area contributed by atoms with Crippen molar-refractivity contribution in [1.82, 2.24) is 14.7 Å². The summed E-state index contributed by atoms with van der Waals surface area (Å²) in [5.41, 5.74) is 0.473. The van der Waals surface area contributed by atoms with Crippen LogP contribution in [0.4, 0.5) is 5.69 Å². The van der Waals surface area contributed by atoms with Crippen molar-refractivity contribution in [2.45, 2.75) is 18.9 Å². The number of halogens is 1. The Bertz CT molecular complexity index is 1040. The topological polar surface area (TPSA) is 94.0 Å². The maximum Gasteiger partial charge on any atom is 0.340 e. The molecule has 4 rings (SSSR count). The highest BCUT2D eigenvalue weighted by atomic mass is 35.5. The van der Waals surface area contributed by atoms with Gasteiger partial charge < -0.3 is 19.3 Å². The Morgan fingerprint density at radius 3 is 2.58 bits per heavy atom. The molecule has 2 saturated heterocycles. The molecule has 9 nitrogen and oxygen atoms in total. The van der Waals surface area contributed by atoms with E-state index in [1.54, 1.807) is 29.2 Å². The minimum atomic E-state index is -0.573. The highest BCUT2D eigenvalue weighted by Crippen LogP contribution is 2.24. The number of carbonyl (C=O) groups excluding carboxylic acids is 2. The number of esters is 1. The summed E-state index contributed by atoms with van der Waals surface area (Å²) < 4.78 is 11.4. The van der Waals surface area contributed by atoms with Gasteiger partial charge in [0.1, 0.15) is 11.1 Å². The predicted molar refractivity (Wildman–Crippen MR) is 114 cm³/mol. The van der Waals surface area contributed by atoms with Crippen molar-refractivity contribution >= 4 is 29.2 Å². The average molecular weight is 447 g/mol. The summed E-state index contributed by atoms with van der Waals surface area (Å²) in [7, 11) is 1.27. The van der Waals surface area contributed by atoms with E-state index in [-0.39, 0.29) is 22.6 Å². The van der Waals surface area contributed by atoms with E-state index in [0.29, 0.717) is 44.2 Å². The minimum absolute atomic E-state index is 0.00794. The lowest BCUT2D eigenvalue weighted by molar-refractivity contribution is -0.141. The molecule has 1 atom stereocenters. The molecule has 31 heavy (non-hydrogen) atoms. The third-order valence-electron chi connectivity index (χ3n) is 5.58. The first kappa shape index (κ1) is 21.3. The number of methoxy groups -OCH3 is 1. The van der Waals surface area contributed by atoms with Crippen LogP contribution < -0.4 is 10.5 Å². The van der Waals surface area contributed by atoms with E-state index in [1.165, 1.54) is 13.3 Å². The number of hydrogen-bond donors (Lipinski definition) is 0. The lowest BCUT2D eigenvalue weighted by Gasteiger charge is -2.37. The summed E-state index contributed by atoms with van der Waals surface area (Å²) in [5.74, 6) is -0.548. The van der Waals surface area contributed by atoms with Crippen LogP contribution in [0.2, 0.25) is 5.02 Å². The summed E-state index contributed by atoms with van der Waals surface area (Å²) >= 11 is 6.42. The fourth-order valence-corrected chi connectivity index (χ4v) is 4.15. The van der Waals surface area contributed by atoms with Gasteiger partial charge in [0.05, 0.1) is 30.2 Å². The third kappa shape index (κ3) is 4.15. The molecule has 1 aromatic carbocycles. The number of piperazine rings is 1. The molecule has 10 heteroatoms. The van der Waals surface area contributed by atoms with E-state index in [4.69, 9.17) is 21.1 Å². The van der Waals surface area contributed by atoms with Gasteiger partial charge in [0, 0.05) is 32.8 Å². The lowest BCUT2D eigenvalue weighted by atomic mass is 10.2. The smallest absolute Gasteiger partial charge is 0.340 e. The number of anilines is 1. The summed E-state index contributed by atoms with van der Waals surface area (Å²) in [4.78, 5) is 41.3. The summed E-state index contributed by atoms with van der Waals surface area (Å²) in [6.07, 6.45) is 2.85. The number of ether oxygens (including phenoxy) is 2. The molecule has 1 aromatic heterocycles. The number of aromatic nitrogens is 2. The van der Waals surface area contributed by atoms with Crippen LogP contribution in [0.3, 0.4) is 0 Å². The van der Waals surface area contributed by atoms with Gasteiger partial charge in [0.2, 0.25) is 0 Å². The van der Waals surface area contributed by atoms with Gasteiger partial charge in [-0.3, -0.25) is 9.59 Å². The zero-order valence-corrected chi connectivity index (χ0v) is 17.9. The number of carbonyl (C=O) groups is 2. The number of benzene rings is 1. The Balaban J connectivity index is 1.53. The minimum Gasteiger partial charge on any atom is -0.465 e. The summed E-state index contributed by atoms with van der Waals surface area (Å²) in [6.45, 7) is 2.73. The number of rotatable bonds is 4. The molecule has 2 aliphatic heterocycles. The fourth-order valence-electron chi connectivity index (χ4n) is 3.90. The zero-order valence-electron chi connectivity index (χ0n) is 17.1. The van der Waals surface area contributed by atoms with Crippen molar-refractivity contribution in [3.8, 4) is 5.69 Å². The van der Waals surface area contributed by atoms with Gasteiger partial charge in [-0.1, -0.05) is 23.7 Å². The first-order valence-electron chi connectivity index (χ1n) is 10.1. The molecular weight excluding hydrogens is 424 g/mol. The van der Waals surface area contributed by atoms with Crippen molar-refractivity contribution in [2.75, 3.05) is 44.8 Å². The van der Waals surface area contributed by atoms with E-state index in [0.717, 1.165) is 17.5 Å². The van der Waals surface area contributed by atoms with E-state index in [9.17, 15) is 14.4 Å². The Morgan fingerprint density at radius 1 is 1.16 bits per heavy atom. The molecule has 2 fully saturated rings. The fraction of sp³-hybridized carbons (Fsp3) is 0.429. The van der Waals surface area contributed by atoms with Crippen LogP contribution in [-0.2, 0) is 14.3 Å². The van der Waals surface area contributed by atoms with Crippen LogP contribution in [0.15, 0.2) is 35.3 Å². The van der Waals surface area contributed by atoms with Crippen LogP contribution in [0, 0.1) is 0 Å². The molecule has 0 aliphatic carbocycles. The van der Waals surface area contributed by atoms with Gasteiger partial charge in [-0.05, 0) is 25.0 Å². The van der Waals surface area contributed by atoms with E-state index in [1.807, 2.05) is 4.90 Å². The van der Waals surface area contributed by atoms with Crippen LogP contribution in [0.1, 0.15) is 23.2 Å². The predicted octanol–water partition coefficient (Wildman–Crippen LogP) is 1.50. The van der Waals surface area contributed by atoms with E-state index in [2.05, 4.69) is 5.10 Å². The second-order valence-electron chi connectivity index (χ2n) is 7.38. The number of para-hydroxylation sites is 1. The van der Waals surface area contributed by atoms with E-state index >= 15 is 0 Å². The van der Waals surface area contributed by atoms with Crippen LogP contribution >= 0.6 is 11.6 Å². The summed E-state index contributed by atoms with van der Waals surface area (Å²) in [6, 6.07) is 6.53. The molecule has 2 aromatic rings. The molecule has 3 heterocycles. The Labute approximate surface area is 184 Å². The van der Waals surface area contributed by atoms with Gasteiger partial charge >= 0.3 is 5.97 Å². The maximum absolute atomic E-state index is 13.0. The SMILES string of the molecule is COC(=O)c1ccccc1-n1ncc(N2CCN(C(=O)C3CCCO3)CC2)c(Cl)c1=O. The zero-order chi connectivity index (χ0) is 22.0. The molecular formula is C21H23ClN4O5. The highest BCUT2D eigenvalue weighted by Gasteiger charge is 2.31. The molecule has 0 spiro atoms. The lowest BCUT2D eigenvalue weighted by Crippen LogP contribution is -2.51. The molecule has 0 radical (unpaired) electrons. The molecule has 1 amide bonds. The molecule has 1 unspecified atom stereocenters. The molecule has 0 bridgehead atoms. The van der Waals surface area contributed by atoms with Gasteiger partial charge in [-0.15, -0.1) is 0 Å². The second kappa shape index (κ2) is 9.07. The average Bonchev–Trinajstić information content (AvgIpc) is 3.35. The molecule has 2 aliphatic rings. The highest BCUT2D eigenvalue weighted by molar-refractivity contribution is 6.33. The van der Waals surface area contributed by atoms with Crippen molar-refractivity contribution in [3.05, 3.63) is 51.4 Å². The van der Waals surface area contributed by atoms with Gasteiger partial charge in [-0.2, -0.15) is 9.78 Å². The van der Waals surface area contributed by atoms with Gasteiger partial charge in [-0.25, -0.2) is 4.79 Å². The van der Waals surface area contributed by atoms with Crippen molar-refractivity contribution in [1.29, 1.82) is 0 Å². The van der Waals surface area contributed by atoms with Gasteiger partial charge in [0.25, 0.3) is 11.5 Å². The van der Waals surface area contributed by atoms with E-state index < -0.39 is 11.5 Å².